The van der Waals surface area contributed by atoms with Crippen molar-refractivity contribution in [2.45, 2.75) is 31.8 Å². The van der Waals surface area contributed by atoms with E-state index >= 15 is 0 Å². The Hall–Kier alpha value is -2.14. The van der Waals surface area contributed by atoms with Crippen molar-refractivity contribution in [3.05, 3.63) is 46.2 Å². The highest BCUT2D eigenvalue weighted by Crippen LogP contribution is 2.11. The topological polar surface area (TPSA) is 74.0 Å². The molecule has 1 saturated heterocycles. The Kier molecular flexibility index (Phi) is 4.01. The molecule has 1 amide bonds. The molecule has 1 fully saturated rings. The van der Waals surface area contributed by atoms with Crippen molar-refractivity contribution in [1.82, 2.24) is 15.6 Å². The number of benzene rings is 1. The number of nitrogens with one attached hydrogen (secondary N) is 3. The van der Waals surface area contributed by atoms with Gasteiger partial charge in [0.15, 0.2) is 0 Å². The molecule has 110 valence electrons. The molecule has 2 heterocycles. The predicted molar refractivity (Wildman–Crippen MR) is 82.1 cm³/mol. The molecule has 21 heavy (non-hydrogen) atoms. The molecule has 0 spiro atoms. The van der Waals surface area contributed by atoms with E-state index in [-0.39, 0.29) is 17.5 Å². The van der Waals surface area contributed by atoms with E-state index < -0.39 is 0 Å². The second-order valence-corrected chi connectivity index (χ2v) is 5.43. The highest BCUT2D eigenvalue weighted by molar-refractivity contribution is 5.82. The van der Waals surface area contributed by atoms with Crippen molar-refractivity contribution in [2.24, 2.45) is 0 Å². The third kappa shape index (κ3) is 3.13. The van der Waals surface area contributed by atoms with E-state index in [4.69, 9.17) is 0 Å². The van der Waals surface area contributed by atoms with Crippen molar-refractivity contribution in [3.63, 3.8) is 0 Å². The van der Waals surface area contributed by atoms with Gasteiger partial charge in [-0.25, -0.2) is 0 Å². The molecule has 2 aromatic rings. The first-order valence-electron chi connectivity index (χ1n) is 7.36. The van der Waals surface area contributed by atoms with Crippen LogP contribution in [0.25, 0.3) is 10.9 Å². The molecule has 1 aliphatic rings. The van der Waals surface area contributed by atoms with Gasteiger partial charge in [-0.1, -0.05) is 18.2 Å². The van der Waals surface area contributed by atoms with Crippen LogP contribution in [0.5, 0.6) is 0 Å². The van der Waals surface area contributed by atoms with Gasteiger partial charge in [-0.15, -0.1) is 0 Å². The van der Waals surface area contributed by atoms with E-state index in [0.717, 1.165) is 36.7 Å². The van der Waals surface area contributed by atoms with E-state index in [0.29, 0.717) is 12.1 Å². The normalized spacial score (nSPS) is 19.2. The summed E-state index contributed by atoms with van der Waals surface area (Å²) in [6, 6.07) is 9.36. The molecule has 0 radical (unpaired) electrons. The Morgan fingerprint density at radius 3 is 2.95 bits per heavy atom. The van der Waals surface area contributed by atoms with E-state index in [2.05, 4.69) is 15.6 Å². The van der Waals surface area contributed by atoms with Gasteiger partial charge < -0.3 is 15.6 Å². The molecule has 0 aliphatic carbocycles. The number of aromatic nitrogens is 1. The van der Waals surface area contributed by atoms with Gasteiger partial charge in [0.25, 0.3) is 5.56 Å². The molecule has 5 nitrogen and oxygen atoms in total. The fraction of sp³-hybridized carbons (Fsp3) is 0.375. The average molecular weight is 285 g/mol. The summed E-state index contributed by atoms with van der Waals surface area (Å²) in [6.07, 6.45) is 2.85. The lowest BCUT2D eigenvalue weighted by atomic mass is 10.1. The van der Waals surface area contributed by atoms with Crippen LogP contribution in [0.3, 0.4) is 0 Å². The van der Waals surface area contributed by atoms with Crippen molar-refractivity contribution in [3.8, 4) is 0 Å². The molecule has 3 rings (SSSR count). The Morgan fingerprint density at radius 1 is 1.19 bits per heavy atom. The van der Waals surface area contributed by atoms with Crippen LogP contribution in [0.2, 0.25) is 0 Å². The van der Waals surface area contributed by atoms with E-state index in [1.54, 1.807) is 0 Å². The number of hydrogen-bond acceptors (Lipinski definition) is 3. The third-order valence-corrected chi connectivity index (χ3v) is 3.90. The van der Waals surface area contributed by atoms with Crippen molar-refractivity contribution >= 4 is 16.8 Å². The van der Waals surface area contributed by atoms with E-state index in [9.17, 15) is 9.59 Å². The summed E-state index contributed by atoms with van der Waals surface area (Å²) in [7, 11) is 0. The number of carbonyl (C=O) groups excluding carboxylic acids is 1. The summed E-state index contributed by atoms with van der Waals surface area (Å²) in [5.74, 6) is 0.0321. The molecule has 0 saturated carbocycles. The lowest BCUT2D eigenvalue weighted by molar-refractivity contribution is -0.122. The molecule has 1 atom stereocenters. The Balaban J connectivity index is 1.76. The van der Waals surface area contributed by atoms with Crippen LogP contribution in [-0.2, 0) is 11.3 Å². The molecule has 0 bridgehead atoms. The van der Waals surface area contributed by atoms with Crippen LogP contribution in [-0.4, -0.2) is 23.5 Å². The number of H-pyrrole nitrogens is 1. The zero-order valence-corrected chi connectivity index (χ0v) is 11.8. The van der Waals surface area contributed by atoms with Gasteiger partial charge in [0.2, 0.25) is 5.91 Å². The van der Waals surface area contributed by atoms with Crippen molar-refractivity contribution in [1.29, 1.82) is 0 Å². The summed E-state index contributed by atoms with van der Waals surface area (Å²) in [4.78, 5) is 26.8. The van der Waals surface area contributed by atoms with Gasteiger partial charge in [0, 0.05) is 24.2 Å². The lowest BCUT2D eigenvalue weighted by Crippen LogP contribution is -2.43. The van der Waals surface area contributed by atoms with Gasteiger partial charge in [0.1, 0.15) is 0 Å². The first-order chi connectivity index (χ1) is 10.2. The van der Waals surface area contributed by atoms with Gasteiger partial charge >= 0.3 is 0 Å². The number of hydrogen-bond donors (Lipinski definition) is 3. The summed E-state index contributed by atoms with van der Waals surface area (Å²) in [5.41, 5.74) is 1.39. The SMILES string of the molecule is O=C1NCCCCC1NCc1cc2ccccc2[nH]c1=O. The molecule has 1 aliphatic heterocycles. The number of fused-ring (bicyclic) bond motifs is 1. The van der Waals surface area contributed by atoms with Gasteiger partial charge in [-0.3, -0.25) is 9.59 Å². The van der Waals surface area contributed by atoms with Crippen LogP contribution in [0, 0.1) is 0 Å². The molecule has 3 N–H and O–H groups in total. The van der Waals surface area contributed by atoms with Crippen molar-refractivity contribution in [2.75, 3.05) is 6.54 Å². The quantitative estimate of drug-likeness (QED) is 0.795. The standard InChI is InChI=1S/C16H19N3O2/c20-15-12(9-11-5-1-2-6-13(11)19-15)10-18-14-7-3-4-8-17-16(14)21/h1-2,5-6,9,14,18H,3-4,7-8,10H2,(H,17,21)(H,19,20). The predicted octanol–water partition coefficient (Wildman–Crippen LogP) is 1.29. The number of para-hydroxylation sites is 1. The second-order valence-electron chi connectivity index (χ2n) is 5.43. The maximum atomic E-state index is 12.1. The highest BCUT2D eigenvalue weighted by Gasteiger charge is 2.20. The number of carbonyl (C=O) groups is 1. The number of aromatic amines is 1. The minimum atomic E-state index is -0.210. The minimum absolute atomic E-state index is 0.0321. The zero-order chi connectivity index (χ0) is 14.7. The van der Waals surface area contributed by atoms with E-state index in [1.165, 1.54) is 0 Å². The Bertz CT molecular complexity index is 708. The van der Waals surface area contributed by atoms with E-state index in [1.807, 2.05) is 30.3 Å². The fourth-order valence-electron chi connectivity index (χ4n) is 2.69. The first kappa shape index (κ1) is 13.8. The van der Waals surface area contributed by atoms with Crippen LogP contribution >= 0.6 is 0 Å². The number of pyridine rings is 1. The summed E-state index contributed by atoms with van der Waals surface area (Å²) >= 11 is 0. The third-order valence-electron chi connectivity index (χ3n) is 3.90. The fourth-order valence-corrected chi connectivity index (χ4v) is 2.69. The molecule has 1 unspecified atom stereocenters. The van der Waals surface area contributed by atoms with Crippen LogP contribution < -0.4 is 16.2 Å². The average Bonchev–Trinajstić information content (AvgIpc) is 2.69. The zero-order valence-electron chi connectivity index (χ0n) is 11.8. The van der Waals surface area contributed by atoms with Crippen LogP contribution in [0.15, 0.2) is 35.1 Å². The van der Waals surface area contributed by atoms with Gasteiger partial charge in [-0.05, 0) is 36.8 Å². The monoisotopic (exact) mass is 285 g/mol. The molecular weight excluding hydrogens is 266 g/mol. The molecule has 1 aromatic heterocycles. The maximum absolute atomic E-state index is 12.1. The second kappa shape index (κ2) is 6.10. The molecule has 1 aromatic carbocycles. The summed E-state index contributed by atoms with van der Waals surface area (Å²) in [6.45, 7) is 1.14. The summed E-state index contributed by atoms with van der Waals surface area (Å²) in [5, 5.41) is 7.09. The first-order valence-corrected chi connectivity index (χ1v) is 7.36. The lowest BCUT2D eigenvalue weighted by Gasteiger charge is -2.15. The van der Waals surface area contributed by atoms with Crippen LogP contribution in [0.1, 0.15) is 24.8 Å². The van der Waals surface area contributed by atoms with Crippen molar-refractivity contribution < 1.29 is 4.79 Å². The Labute approximate surface area is 122 Å². The van der Waals surface area contributed by atoms with Gasteiger partial charge in [-0.2, -0.15) is 0 Å². The largest absolute Gasteiger partial charge is 0.355 e. The molecule has 5 heteroatoms. The summed E-state index contributed by atoms with van der Waals surface area (Å²) < 4.78 is 0. The minimum Gasteiger partial charge on any atom is -0.355 e. The highest BCUT2D eigenvalue weighted by atomic mass is 16.2. The smallest absolute Gasteiger partial charge is 0.252 e. The number of amides is 1. The number of rotatable bonds is 3. The maximum Gasteiger partial charge on any atom is 0.252 e. The Morgan fingerprint density at radius 2 is 2.05 bits per heavy atom. The molecular formula is C16H19N3O2. The van der Waals surface area contributed by atoms with Crippen LogP contribution in [0.4, 0.5) is 0 Å². The van der Waals surface area contributed by atoms with Gasteiger partial charge in [0.05, 0.1) is 6.04 Å².